The number of methoxy groups -OCH3 is 1. The van der Waals surface area contributed by atoms with E-state index < -0.39 is 0 Å². The molecule has 0 N–H and O–H groups in total. The highest BCUT2D eigenvalue weighted by molar-refractivity contribution is 7.09. The number of aromatic nitrogens is 2. The van der Waals surface area contributed by atoms with Crippen LogP contribution in [-0.2, 0) is 6.54 Å². The van der Waals surface area contributed by atoms with E-state index in [1.165, 1.54) is 11.3 Å². The fourth-order valence-electron chi connectivity index (χ4n) is 2.33. The van der Waals surface area contributed by atoms with Crippen molar-refractivity contribution in [1.29, 1.82) is 5.26 Å². The quantitative estimate of drug-likeness (QED) is 0.377. The molecule has 0 bridgehead atoms. The molecule has 0 fully saturated rings. The summed E-state index contributed by atoms with van der Waals surface area (Å²) in [6.45, 7) is 2.60. The average molecular weight is 404 g/mol. The molecule has 0 aliphatic heterocycles. The maximum Gasteiger partial charge on any atom is 0.207 e. The number of hydrogen-bond acceptors (Lipinski definition) is 6. The minimum absolute atomic E-state index is 0.251. The maximum atomic E-state index is 9.11. The zero-order valence-corrected chi connectivity index (χ0v) is 16.4. The second-order valence-corrected chi connectivity index (χ2v) is 7.59. The predicted molar refractivity (Wildman–Crippen MR) is 104 cm³/mol. The summed E-state index contributed by atoms with van der Waals surface area (Å²) >= 11 is 9.16. The Morgan fingerprint density at radius 2 is 2.31 bits per heavy atom. The third-order valence-electron chi connectivity index (χ3n) is 3.41. The van der Waals surface area contributed by atoms with E-state index in [1.807, 2.05) is 29.3 Å². The topological polar surface area (TPSA) is 75.6 Å². The lowest BCUT2D eigenvalue weighted by atomic mass is 10.2. The summed E-state index contributed by atoms with van der Waals surface area (Å²) in [5.74, 6) is 0.798. The number of thiazole rings is 2. The van der Waals surface area contributed by atoms with Gasteiger partial charge < -0.3 is 9.30 Å². The average Bonchev–Trinajstić information content (AvgIpc) is 3.24. The Kier molecular flexibility index (Phi) is 5.83. The highest BCUT2D eigenvalue weighted by Gasteiger charge is 2.12. The molecule has 0 saturated carbocycles. The summed E-state index contributed by atoms with van der Waals surface area (Å²) in [6, 6.07) is 5.12. The van der Waals surface area contributed by atoms with Crippen molar-refractivity contribution >= 4 is 40.1 Å². The molecule has 0 spiro atoms. The van der Waals surface area contributed by atoms with Gasteiger partial charge in [0.15, 0.2) is 10.6 Å². The summed E-state index contributed by atoms with van der Waals surface area (Å²) in [4.78, 5) is 14.6. The Morgan fingerprint density at radius 3 is 3.00 bits per heavy atom. The lowest BCUT2D eigenvalue weighted by molar-refractivity contribution is 0.414. The first-order valence-corrected chi connectivity index (χ1v) is 9.64. The van der Waals surface area contributed by atoms with Gasteiger partial charge >= 0.3 is 0 Å². The largest absolute Gasteiger partial charge is 0.496 e. The lowest BCUT2D eigenvalue weighted by Crippen LogP contribution is -2.17. The molecule has 2 heterocycles. The third kappa shape index (κ3) is 4.19. The smallest absolute Gasteiger partial charge is 0.207 e. The first-order chi connectivity index (χ1) is 12.6. The van der Waals surface area contributed by atoms with Gasteiger partial charge in [-0.1, -0.05) is 11.6 Å². The van der Waals surface area contributed by atoms with Crippen LogP contribution in [0.25, 0.3) is 0 Å². The molecule has 0 amide bonds. The molecule has 0 unspecified atom stereocenters. The van der Waals surface area contributed by atoms with Crippen LogP contribution in [0.15, 0.2) is 45.3 Å². The SMILES string of the molecule is COc1ccc(Cl)cc1C(=NC#N)/N=c1\sc(C)cn1Cc1cscn1. The van der Waals surface area contributed by atoms with E-state index in [0.717, 1.165) is 10.6 Å². The van der Waals surface area contributed by atoms with Crippen molar-refractivity contribution < 1.29 is 4.74 Å². The van der Waals surface area contributed by atoms with Crippen LogP contribution in [0.5, 0.6) is 5.75 Å². The van der Waals surface area contributed by atoms with Crippen LogP contribution in [0.2, 0.25) is 5.02 Å². The maximum absolute atomic E-state index is 9.11. The number of rotatable bonds is 4. The van der Waals surface area contributed by atoms with Crippen LogP contribution < -0.4 is 9.54 Å². The number of aliphatic imine (C=N–C) groups is 1. The predicted octanol–water partition coefficient (Wildman–Crippen LogP) is 3.85. The normalized spacial score (nSPS) is 12.2. The molecular formula is C17H14ClN5OS2. The fraction of sp³-hybridized carbons (Fsp3) is 0.176. The van der Waals surface area contributed by atoms with Crippen molar-refractivity contribution in [3.63, 3.8) is 0 Å². The second-order valence-electron chi connectivity index (χ2n) is 5.22. The van der Waals surface area contributed by atoms with Crippen LogP contribution in [0, 0.1) is 18.4 Å². The number of benzene rings is 1. The number of nitriles is 1. The van der Waals surface area contributed by atoms with Gasteiger partial charge in [-0.2, -0.15) is 15.2 Å². The van der Waals surface area contributed by atoms with Crippen molar-refractivity contribution in [2.45, 2.75) is 13.5 Å². The summed E-state index contributed by atoms with van der Waals surface area (Å²) < 4.78 is 7.35. The Balaban J connectivity index is 2.11. The number of amidine groups is 1. The van der Waals surface area contributed by atoms with Gasteiger partial charge in [0.25, 0.3) is 0 Å². The number of nitrogens with zero attached hydrogens (tertiary/aromatic N) is 5. The molecular weight excluding hydrogens is 390 g/mol. The van der Waals surface area contributed by atoms with Gasteiger partial charge in [-0.15, -0.1) is 22.7 Å². The van der Waals surface area contributed by atoms with Crippen molar-refractivity contribution in [1.82, 2.24) is 9.55 Å². The molecule has 0 atom stereocenters. The van der Waals surface area contributed by atoms with Crippen LogP contribution in [-0.4, -0.2) is 22.5 Å². The molecule has 0 radical (unpaired) electrons. The number of aryl methyl sites for hydroxylation is 1. The van der Waals surface area contributed by atoms with Gasteiger partial charge in [0.1, 0.15) is 5.75 Å². The van der Waals surface area contributed by atoms with E-state index >= 15 is 0 Å². The molecule has 3 aromatic rings. The molecule has 9 heteroatoms. The van der Waals surface area contributed by atoms with Gasteiger partial charge in [-0.25, -0.2) is 4.98 Å². The highest BCUT2D eigenvalue weighted by atomic mass is 35.5. The molecule has 0 saturated heterocycles. The van der Waals surface area contributed by atoms with Crippen LogP contribution >= 0.6 is 34.3 Å². The van der Waals surface area contributed by atoms with E-state index in [-0.39, 0.29) is 5.84 Å². The van der Waals surface area contributed by atoms with E-state index in [2.05, 4.69) is 15.0 Å². The van der Waals surface area contributed by atoms with Crippen molar-refractivity contribution in [2.75, 3.05) is 7.11 Å². The molecule has 0 aliphatic carbocycles. The number of halogens is 1. The number of ether oxygens (including phenoxy) is 1. The van der Waals surface area contributed by atoms with Gasteiger partial charge in [-0.3, -0.25) is 0 Å². The van der Waals surface area contributed by atoms with Crippen LogP contribution in [0.3, 0.4) is 0 Å². The monoisotopic (exact) mass is 403 g/mol. The van der Waals surface area contributed by atoms with E-state index in [4.69, 9.17) is 21.6 Å². The molecule has 0 aliphatic rings. The Morgan fingerprint density at radius 1 is 1.46 bits per heavy atom. The highest BCUT2D eigenvalue weighted by Crippen LogP contribution is 2.24. The van der Waals surface area contributed by atoms with Crippen LogP contribution in [0.1, 0.15) is 16.1 Å². The summed E-state index contributed by atoms with van der Waals surface area (Å²) in [6.07, 6.45) is 3.81. The Bertz CT molecular complexity index is 1040. The van der Waals surface area contributed by atoms with Gasteiger partial charge in [0.05, 0.1) is 30.4 Å². The molecule has 26 heavy (non-hydrogen) atoms. The fourth-order valence-corrected chi connectivity index (χ4v) is 3.89. The van der Waals surface area contributed by atoms with Crippen LogP contribution in [0.4, 0.5) is 0 Å². The first kappa shape index (κ1) is 18.3. The standard InChI is InChI=1S/C17H14ClN5OS2/c1-11-6-23(7-13-8-25-10-21-13)17(26-11)22-16(20-9-19)14-5-12(18)3-4-15(14)24-2/h3-6,8,10H,7H2,1-2H3/b20-16?,22-17-. The van der Waals surface area contributed by atoms with E-state index in [1.54, 1.807) is 42.2 Å². The van der Waals surface area contributed by atoms with E-state index in [0.29, 0.717) is 27.7 Å². The van der Waals surface area contributed by atoms with Crippen molar-refractivity contribution in [3.8, 4) is 11.9 Å². The zero-order valence-electron chi connectivity index (χ0n) is 14.0. The number of hydrogen-bond donors (Lipinski definition) is 0. The summed E-state index contributed by atoms with van der Waals surface area (Å²) in [7, 11) is 1.55. The van der Waals surface area contributed by atoms with Gasteiger partial charge in [0, 0.05) is 21.5 Å². The zero-order chi connectivity index (χ0) is 18.5. The molecule has 1 aromatic carbocycles. The third-order valence-corrected chi connectivity index (χ3v) is 5.22. The molecule has 6 nitrogen and oxygen atoms in total. The molecule has 3 rings (SSSR count). The van der Waals surface area contributed by atoms with E-state index in [9.17, 15) is 0 Å². The lowest BCUT2D eigenvalue weighted by Gasteiger charge is -2.07. The van der Waals surface area contributed by atoms with Gasteiger partial charge in [-0.05, 0) is 25.1 Å². The summed E-state index contributed by atoms with van der Waals surface area (Å²) in [5.41, 5.74) is 3.31. The molecule has 2 aromatic heterocycles. The second kappa shape index (κ2) is 8.27. The minimum atomic E-state index is 0.251. The minimum Gasteiger partial charge on any atom is -0.496 e. The van der Waals surface area contributed by atoms with Gasteiger partial charge in [0.2, 0.25) is 6.19 Å². The van der Waals surface area contributed by atoms with Crippen molar-refractivity contribution in [2.24, 2.45) is 9.98 Å². The first-order valence-electron chi connectivity index (χ1n) is 7.50. The molecule has 132 valence electrons. The Hall–Kier alpha value is -2.47. The van der Waals surface area contributed by atoms with Crippen molar-refractivity contribution in [3.05, 3.63) is 61.2 Å². The Labute approximate surface area is 163 Å². The summed E-state index contributed by atoms with van der Waals surface area (Å²) in [5, 5.41) is 11.6.